The van der Waals surface area contributed by atoms with E-state index < -0.39 is 10.0 Å². The van der Waals surface area contributed by atoms with Crippen molar-refractivity contribution in [1.29, 1.82) is 0 Å². The second-order valence-electron chi connectivity index (χ2n) is 4.80. The van der Waals surface area contributed by atoms with Crippen LogP contribution >= 0.6 is 0 Å². The lowest BCUT2D eigenvalue weighted by molar-refractivity contribution is 0.158. The Hall–Kier alpha value is -1.11. The lowest BCUT2D eigenvalue weighted by Crippen LogP contribution is -2.34. The maximum absolute atomic E-state index is 12.2. The summed E-state index contributed by atoms with van der Waals surface area (Å²) in [4.78, 5) is 0.235. The summed E-state index contributed by atoms with van der Waals surface area (Å²) in [6.07, 6.45) is 1.88. The molecule has 1 heterocycles. The lowest BCUT2D eigenvalue weighted by Gasteiger charge is -2.25. The van der Waals surface area contributed by atoms with Crippen molar-refractivity contribution in [3.8, 4) is 5.75 Å². The summed E-state index contributed by atoms with van der Waals surface area (Å²) >= 11 is 0. The van der Waals surface area contributed by atoms with E-state index >= 15 is 0 Å². The van der Waals surface area contributed by atoms with E-state index in [0.717, 1.165) is 25.9 Å². The largest absolute Gasteiger partial charge is 0.489 e. The summed E-state index contributed by atoms with van der Waals surface area (Å²) in [5.74, 6) is 0.447. The van der Waals surface area contributed by atoms with Gasteiger partial charge in [0.2, 0.25) is 10.0 Å². The Balaban J connectivity index is 2.26. The van der Waals surface area contributed by atoms with E-state index in [1.807, 2.05) is 0 Å². The van der Waals surface area contributed by atoms with Gasteiger partial charge in [0, 0.05) is 14.1 Å². The van der Waals surface area contributed by atoms with Crippen molar-refractivity contribution in [2.24, 2.45) is 0 Å². The average Bonchev–Trinajstić information content (AvgIpc) is 2.40. The molecule has 6 heteroatoms. The number of para-hydroxylation sites is 1. The first-order chi connectivity index (χ1) is 9.01. The third kappa shape index (κ3) is 3.26. The standard InChI is InChI=1S/C13H20N2O3S/c1-15(2)19(16,17)13-6-4-3-5-12(13)18-11-7-9-14-10-8-11/h3-6,11,14H,7-10H2,1-2H3. The molecule has 0 bridgehead atoms. The van der Waals surface area contributed by atoms with Gasteiger partial charge in [0.05, 0.1) is 0 Å². The Morgan fingerprint density at radius 2 is 1.84 bits per heavy atom. The molecule has 1 aromatic rings. The quantitative estimate of drug-likeness (QED) is 0.898. The van der Waals surface area contributed by atoms with Crippen LogP contribution in [0.25, 0.3) is 0 Å². The average molecular weight is 284 g/mol. The van der Waals surface area contributed by atoms with E-state index in [9.17, 15) is 8.42 Å². The van der Waals surface area contributed by atoms with Crippen molar-refractivity contribution in [1.82, 2.24) is 9.62 Å². The van der Waals surface area contributed by atoms with Gasteiger partial charge < -0.3 is 10.1 Å². The first-order valence-electron chi connectivity index (χ1n) is 6.41. The molecule has 0 atom stereocenters. The molecule has 0 saturated carbocycles. The van der Waals surface area contributed by atoms with Crippen molar-refractivity contribution in [2.45, 2.75) is 23.8 Å². The fourth-order valence-electron chi connectivity index (χ4n) is 2.05. The second kappa shape index (κ2) is 5.90. The molecular formula is C13H20N2O3S. The normalized spacial score (nSPS) is 17.6. The number of piperidine rings is 1. The van der Waals surface area contributed by atoms with Crippen LogP contribution < -0.4 is 10.1 Å². The Labute approximate surface area is 114 Å². The minimum absolute atomic E-state index is 0.0831. The molecule has 1 saturated heterocycles. The van der Waals surface area contributed by atoms with Crippen molar-refractivity contribution in [2.75, 3.05) is 27.2 Å². The van der Waals surface area contributed by atoms with Gasteiger partial charge in [0.25, 0.3) is 0 Å². The maximum atomic E-state index is 12.2. The Morgan fingerprint density at radius 1 is 1.21 bits per heavy atom. The number of hydrogen-bond donors (Lipinski definition) is 1. The third-order valence-electron chi connectivity index (χ3n) is 3.19. The molecule has 0 amide bonds. The Bertz CT molecular complexity index is 522. The van der Waals surface area contributed by atoms with Crippen LogP contribution in [0.15, 0.2) is 29.2 Å². The molecule has 0 spiro atoms. The number of sulfonamides is 1. The molecular weight excluding hydrogens is 264 g/mol. The number of nitrogens with one attached hydrogen (secondary N) is 1. The molecule has 1 aromatic carbocycles. The molecule has 1 fully saturated rings. The summed E-state index contributed by atoms with van der Waals surface area (Å²) in [5.41, 5.74) is 0. The number of rotatable bonds is 4. The van der Waals surface area contributed by atoms with Gasteiger partial charge in [-0.25, -0.2) is 12.7 Å². The van der Waals surface area contributed by atoms with Crippen LogP contribution in [0.2, 0.25) is 0 Å². The molecule has 106 valence electrons. The highest BCUT2D eigenvalue weighted by molar-refractivity contribution is 7.89. The van der Waals surface area contributed by atoms with Gasteiger partial charge in [-0.1, -0.05) is 12.1 Å². The van der Waals surface area contributed by atoms with Crippen molar-refractivity contribution in [3.63, 3.8) is 0 Å². The summed E-state index contributed by atoms with van der Waals surface area (Å²) < 4.78 is 31.5. The predicted octanol–water partition coefficient (Wildman–Crippen LogP) is 1.07. The van der Waals surface area contributed by atoms with Crippen LogP contribution in [-0.4, -0.2) is 46.0 Å². The summed E-state index contributed by atoms with van der Waals surface area (Å²) in [7, 11) is -0.417. The summed E-state index contributed by atoms with van der Waals surface area (Å²) in [5, 5.41) is 3.26. The highest BCUT2D eigenvalue weighted by Crippen LogP contribution is 2.27. The number of hydrogen-bond acceptors (Lipinski definition) is 4. The minimum atomic E-state index is -3.47. The van der Waals surface area contributed by atoms with E-state index in [2.05, 4.69) is 5.32 Å². The molecule has 0 aromatic heterocycles. The fraction of sp³-hybridized carbons (Fsp3) is 0.538. The van der Waals surface area contributed by atoms with Gasteiger partial charge in [0.1, 0.15) is 16.7 Å². The number of nitrogens with zero attached hydrogens (tertiary/aromatic N) is 1. The zero-order valence-corrected chi connectivity index (χ0v) is 12.1. The van der Waals surface area contributed by atoms with Crippen LogP contribution in [0.4, 0.5) is 0 Å². The van der Waals surface area contributed by atoms with E-state index in [1.165, 1.54) is 18.4 Å². The highest BCUT2D eigenvalue weighted by Gasteiger charge is 2.24. The zero-order valence-electron chi connectivity index (χ0n) is 11.3. The number of ether oxygens (including phenoxy) is 1. The fourth-order valence-corrected chi connectivity index (χ4v) is 3.06. The van der Waals surface area contributed by atoms with Crippen molar-refractivity contribution < 1.29 is 13.2 Å². The van der Waals surface area contributed by atoms with Crippen LogP contribution in [-0.2, 0) is 10.0 Å². The topological polar surface area (TPSA) is 58.6 Å². The predicted molar refractivity (Wildman–Crippen MR) is 73.8 cm³/mol. The van der Waals surface area contributed by atoms with Gasteiger partial charge in [-0.2, -0.15) is 0 Å². The maximum Gasteiger partial charge on any atom is 0.246 e. The second-order valence-corrected chi connectivity index (χ2v) is 6.92. The summed E-state index contributed by atoms with van der Waals surface area (Å²) in [6.45, 7) is 1.82. The van der Waals surface area contributed by atoms with Gasteiger partial charge in [0.15, 0.2) is 0 Å². The van der Waals surface area contributed by atoms with Gasteiger partial charge in [-0.05, 0) is 38.1 Å². The smallest absolute Gasteiger partial charge is 0.246 e. The summed E-state index contributed by atoms with van der Waals surface area (Å²) in [6, 6.07) is 6.82. The van der Waals surface area contributed by atoms with Crippen molar-refractivity contribution >= 4 is 10.0 Å². The molecule has 19 heavy (non-hydrogen) atoms. The van der Waals surface area contributed by atoms with Crippen molar-refractivity contribution in [3.05, 3.63) is 24.3 Å². The molecule has 1 aliphatic heterocycles. The van der Waals surface area contributed by atoms with Gasteiger partial charge in [-0.15, -0.1) is 0 Å². The molecule has 1 N–H and O–H groups in total. The van der Waals surface area contributed by atoms with Crippen LogP contribution in [0.3, 0.4) is 0 Å². The Kier molecular flexibility index (Phi) is 4.44. The molecule has 0 radical (unpaired) electrons. The molecule has 0 aliphatic carbocycles. The van der Waals surface area contributed by atoms with E-state index in [-0.39, 0.29) is 11.0 Å². The zero-order chi connectivity index (χ0) is 13.9. The molecule has 1 aliphatic rings. The monoisotopic (exact) mass is 284 g/mol. The van der Waals surface area contributed by atoms with E-state index in [0.29, 0.717) is 5.75 Å². The molecule has 5 nitrogen and oxygen atoms in total. The van der Waals surface area contributed by atoms with Crippen LogP contribution in [0, 0.1) is 0 Å². The highest BCUT2D eigenvalue weighted by atomic mass is 32.2. The van der Waals surface area contributed by atoms with Gasteiger partial charge in [-0.3, -0.25) is 0 Å². The lowest BCUT2D eigenvalue weighted by atomic mass is 10.1. The van der Waals surface area contributed by atoms with Gasteiger partial charge >= 0.3 is 0 Å². The van der Waals surface area contributed by atoms with Crippen LogP contribution in [0.1, 0.15) is 12.8 Å². The SMILES string of the molecule is CN(C)S(=O)(=O)c1ccccc1OC1CCNCC1. The third-order valence-corrected chi connectivity index (χ3v) is 5.04. The first-order valence-corrected chi connectivity index (χ1v) is 7.85. The van der Waals surface area contributed by atoms with E-state index in [1.54, 1.807) is 24.3 Å². The Morgan fingerprint density at radius 3 is 2.47 bits per heavy atom. The minimum Gasteiger partial charge on any atom is -0.489 e. The van der Waals surface area contributed by atoms with Crippen LogP contribution in [0.5, 0.6) is 5.75 Å². The first kappa shape index (κ1) is 14.3. The van der Waals surface area contributed by atoms with E-state index in [4.69, 9.17) is 4.74 Å². The molecule has 0 unspecified atom stereocenters. The number of benzene rings is 1. The molecule has 2 rings (SSSR count).